The fourth-order valence-corrected chi connectivity index (χ4v) is 3.61. The second-order valence-electron chi connectivity index (χ2n) is 4.71. The van der Waals surface area contributed by atoms with E-state index in [0.29, 0.717) is 0 Å². The first-order chi connectivity index (χ1) is 9.58. The lowest BCUT2D eigenvalue weighted by Gasteiger charge is -2.15. The first-order valence-corrected chi connectivity index (χ1v) is 8.41. The molecule has 0 aliphatic carbocycles. The number of benzene rings is 1. The van der Waals surface area contributed by atoms with Crippen LogP contribution in [0, 0.1) is 0 Å². The van der Waals surface area contributed by atoms with E-state index in [2.05, 4.69) is 56.9 Å². The topological polar surface area (TPSA) is 43.8 Å². The minimum Gasteiger partial charge on any atom is -0.324 e. The molecule has 2 N–H and O–H groups in total. The average Bonchev–Trinajstić information content (AvgIpc) is 2.75. The van der Waals surface area contributed by atoms with Crippen molar-refractivity contribution >= 4 is 31.9 Å². The number of nitrogens with two attached hydrogens (primary N) is 1. The highest BCUT2D eigenvalue weighted by Gasteiger charge is 2.18. The van der Waals surface area contributed by atoms with Crippen molar-refractivity contribution in [2.75, 3.05) is 0 Å². The second kappa shape index (κ2) is 6.87. The molecule has 0 aliphatic heterocycles. The van der Waals surface area contributed by atoms with Crippen LogP contribution in [0.5, 0.6) is 0 Å². The highest BCUT2D eigenvalue weighted by atomic mass is 79.9. The van der Waals surface area contributed by atoms with Gasteiger partial charge in [0.1, 0.15) is 0 Å². The van der Waals surface area contributed by atoms with Crippen LogP contribution in [-0.2, 0) is 19.4 Å². The SMILES string of the molecule is CCc1nn(CC)c(CC(N)c2ccccc2Br)c1Br. The summed E-state index contributed by atoms with van der Waals surface area (Å²) in [7, 11) is 0. The molecule has 1 heterocycles. The normalized spacial score (nSPS) is 12.7. The fraction of sp³-hybridized carbons (Fsp3) is 0.400. The van der Waals surface area contributed by atoms with Crippen molar-refractivity contribution in [1.29, 1.82) is 0 Å². The van der Waals surface area contributed by atoms with Crippen molar-refractivity contribution in [2.45, 2.75) is 39.3 Å². The molecule has 1 atom stereocenters. The van der Waals surface area contributed by atoms with Gasteiger partial charge in [0.15, 0.2) is 0 Å². The van der Waals surface area contributed by atoms with Gasteiger partial charge in [0, 0.05) is 23.5 Å². The van der Waals surface area contributed by atoms with Crippen LogP contribution in [0.4, 0.5) is 0 Å². The van der Waals surface area contributed by atoms with Gasteiger partial charge in [-0.05, 0) is 40.9 Å². The Morgan fingerprint density at radius 3 is 2.55 bits per heavy atom. The number of rotatable bonds is 5. The Bertz CT molecular complexity index is 593. The van der Waals surface area contributed by atoms with Crippen molar-refractivity contribution in [1.82, 2.24) is 9.78 Å². The van der Waals surface area contributed by atoms with E-state index in [1.165, 1.54) is 5.69 Å². The van der Waals surface area contributed by atoms with Crippen LogP contribution in [0.2, 0.25) is 0 Å². The van der Waals surface area contributed by atoms with Gasteiger partial charge in [-0.2, -0.15) is 5.10 Å². The van der Waals surface area contributed by atoms with E-state index in [-0.39, 0.29) is 6.04 Å². The van der Waals surface area contributed by atoms with Crippen molar-refractivity contribution in [3.63, 3.8) is 0 Å². The van der Waals surface area contributed by atoms with Crippen molar-refractivity contribution in [3.05, 3.63) is 50.2 Å². The molecule has 0 saturated carbocycles. The Kier molecular flexibility index (Phi) is 5.41. The summed E-state index contributed by atoms with van der Waals surface area (Å²) in [5.41, 5.74) is 9.78. The summed E-state index contributed by atoms with van der Waals surface area (Å²) >= 11 is 7.24. The van der Waals surface area contributed by atoms with Gasteiger partial charge in [-0.15, -0.1) is 0 Å². The molecule has 0 amide bonds. The Balaban J connectivity index is 2.30. The monoisotopic (exact) mass is 399 g/mol. The van der Waals surface area contributed by atoms with E-state index >= 15 is 0 Å². The number of hydrogen-bond donors (Lipinski definition) is 1. The maximum Gasteiger partial charge on any atom is 0.0766 e. The predicted molar refractivity (Wildman–Crippen MR) is 89.8 cm³/mol. The van der Waals surface area contributed by atoms with Crippen molar-refractivity contribution in [2.24, 2.45) is 5.73 Å². The van der Waals surface area contributed by atoms with Crippen molar-refractivity contribution < 1.29 is 0 Å². The number of aromatic nitrogens is 2. The largest absolute Gasteiger partial charge is 0.324 e. The van der Waals surface area contributed by atoms with Gasteiger partial charge in [0.25, 0.3) is 0 Å². The molecule has 0 fully saturated rings. The van der Waals surface area contributed by atoms with Crippen LogP contribution < -0.4 is 5.73 Å². The Morgan fingerprint density at radius 1 is 1.25 bits per heavy atom. The van der Waals surface area contributed by atoms with Crippen LogP contribution in [0.25, 0.3) is 0 Å². The summed E-state index contributed by atoms with van der Waals surface area (Å²) in [5, 5.41) is 4.62. The standard InChI is InChI=1S/C15H19Br2N3/c1-3-13-15(17)14(20(4-2)19-13)9-12(18)10-7-5-6-8-11(10)16/h5-8,12H,3-4,9,18H2,1-2H3. The van der Waals surface area contributed by atoms with E-state index in [4.69, 9.17) is 5.73 Å². The van der Waals surface area contributed by atoms with E-state index in [1.54, 1.807) is 0 Å². The summed E-state index contributed by atoms with van der Waals surface area (Å²) in [6, 6.07) is 8.06. The van der Waals surface area contributed by atoms with Gasteiger partial charge < -0.3 is 5.73 Å². The maximum atomic E-state index is 6.38. The highest BCUT2D eigenvalue weighted by molar-refractivity contribution is 9.10. The summed E-state index contributed by atoms with van der Waals surface area (Å²) in [6.07, 6.45) is 1.69. The van der Waals surface area contributed by atoms with Gasteiger partial charge in [-0.3, -0.25) is 4.68 Å². The van der Waals surface area contributed by atoms with Crippen molar-refractivity contribution in [3.8, 4) is 0 Å². The zero-order chi connectivity index (χ0) is 14.7. The smallest absolute Gasteiger partial charge is 0.0766 e. The fourth-order valence-electron chi connectivity index (χ4n) is 2.31. The summed E-state index contributed by atoms with van der Waals surface area (Å²) in [5.74, 6) is 0. The molecule has 0 aliphatic rings. The third-order valence-electron chi connectivity index (χ3n) is 3.41. The van der Waals surface area contributed by atoms with E-state index in [9.17, 15) is 0 Å². The van der Waals surface area contributed by atoms with E-state index < -0.39 is 0 Å². The van der Waals surface area contributed by atoms with Gasteiger partial charge in [-0.1, -0.05) is 41.1 Å². The molecule has 5 heteroatoms. The predicted octanol–water partition coefficient (Wildman–Crippen LogP) is 4.23. The van der Waals surface area contributed by atoms with E-state index in [1.807, 2.05) is 22.9 Å². The molecule has 3 nitrogen and oxygen atoms in total. The van der Waals surface area contributed by atoms with Gasteiger partial charge >= 0.3 is 0 Å². The minimum atomic E-state index is -0.0476. The lowest BCUT2D eigenvalue weighted by molar-refractivity contribution is 0.584. The Morgan fingerprint density at radius 2 is 1.95 bits per heavy atom. The van der Waals surface area contributed by atoms with Crippen LogP contribution in [0.15, 0.2) is 33.2 Å². The first-order valence-electron chi connectivity index (χ1n) is 6.82. The lowest BCUT2D eigenvalue weighted by atomic mass is 10.0. The highest BCUT2D eigenvalue weighted by Crippen LogP contribution is 2.29. The molecule has 1 aromatic carbocycles. The Hall–Kier alpha value is -0.650. The molecule has 2 aromatic rings. The van der Waals surface area contributed by atoms with Gasteiger partial charge in [-0.25, -0.2) is 0 Å². The third-order valence-corrected chi connectivity index (χ3v) is 5.05. The summed E-state index contributed by atoms with van der Waals surface area (Å²) in [4.78, 5) is 0. The summed E-state index contributed by atoms with van der Waals surface area (Å²) < 4.78 is 4.20. The quantitative estimate of drug-likeness (QED) is 0.815. The molecular formula is C15H19Br2N3. The number of aryl methyl sites for hydroxylation is 2. The molecule has 0 saturated heterocycles. The minimum absolute atomic E-state index is 0.0476. The molecular weight excluding hydrogens is 382 g/mol. The molecule has 0 bridgehead atoms. The maximum absolute atomic E-state index is 6.38. The Labute approximate surface area is 136 Å². The second-order valence-corrected chi connectivity index (χ2v) is 6.36. The molecule has 1 aromatic heterocycles. The summed E-state index contributed by atoms with van der Waals surface area (Å²) in [6.45, 7) is 5.08. The molecule has 108 valence electrons. The number of hydrogen-bond acceptors (Lipinski definition) is 2. The van der Waals surface area contributed by atoms with Crippen LogP contribution in [0.1, 0.15) is 36.8 Å². The van der Waals surface area contributed by atoms with Crippen LogP contribution in [0.3, 0.4) is 0 Å². The number of nitrogens with zero attached hydrogens (tertiary/aromatic N) is 2. The zero-order valence-corrected chi connectivity index (χ0v) is 14.9. The van der Waals surface area contributed by atoms with Gasteiger partial charge in [0.2, 0.25) is 0 Å². The molecule has 2 rings (SSSR count). The molecule has 0 spiro atoms. The molecule has 20 heavy (non-hydrogen) atoms. The van der Waals surface area contributed by atoms with Crippen LogP contribution in [-0.4, -0.2) is 9.78 Å². The zero-order valence-electron chi connectivity index (χ0n) is 11.7. The lowest BCUT2D eigenvalue weighted by Crippen LogP contribution is -2.17. The first kappa shape index (κ1) is 15.7. The van der Waals surface area contributed by atoms with Gasteiger partial charge in [0.05, 0.1) is 15.9 Å². The molecule has 0 radical (unpaired) electrons. The third kappa shape index (κ3) is 3.15. The van der Waals surface area contributed by atoms with E-state index in [0.717, 1.165) is 39.6 Å². The van der Waals surface area contributed by atoms with Crippen LogP contribution >= 0.6 is 31.9 Å². The number of halogens is 2. The molecule has 1 unspecified atom stereocenters. The average molecular weight is 401 g/mol.